The van der Waals surface area contributed by atoms with Crippen LogP contribution in [-0.2, 0) is 22.7 Å². The van der Waals surface area contributed by atoms with Gasteiger partial charge in [-0.3, -0.25) is 4.98 Å². The van der Waals surface area contributed by atoms with E-state index in [4.69, 9.17) is 0 Å². The summed E-state index contributed by atoms with van der Waals surface area (Å²) < 4.78 is 23.0. The Morgan fingerprint density at radius 2 is 2.00 bits per heavy atom. The van der Waals surface area contributed by atoms with Crippen molar-refractivity contribution < 1.29 is 13.5 Å². The fourth-order valence-electron chi connectivity index (χ4n) is 2.91. The lowest BCUT2D eigenvalue weighted by atomic mass is 10.0. The minimum Gasteiger partial charge on any atom is -0.387 e. The molecule has 0 bridgehead atoms. The van der Waals surface area contributed by atoms with Crippen molar-refractivity contribution in [2.24, 2.45) is 0 Å². The minimum atomic E-state index is -3.28. The molecule has 1 atom stereocenters. The highest BCUT2D eigenvalue weighted by atomic mass is 32.2. The summed E-state index contributed by atoms with van der Waals surface area (Å²) in [6.45, 7) is 3.78. The largest absolute Gasteiger partial charge is 0.387 e. The summed E-state index contributed by atoms with van der Waals surface area (Å²) in [7, 11) is -3.28. The molecule has 1 unspecified atom stereocenters. The van der Waals surface area contributed by atoms with Crippen molar-refractivity contribution in [2.45, 2.75) is 37.8 Å². The summed E-state index contributed by atoms with van der Waals surface area (Å²) in [5, 5.41) is 9.84. The second-order valence-electron chi connectivity index (χ2n) is 6.31. The molecule has 5 nitrogen and oxygen atoms in total. The summed E-state index contributed by atoms with van der Waals surface area (Å²) in [5.41, 5.74) is 6.06. The number of pyridine rings is 2. The highest BCUT2D eigenvalue weighted by molar-refractivity contribution is 7.90. The van der Waals surface area contributed by atoms with E-state index in [1.807, 2.05) is 12.1 Å². The molecule has 1 N–H and O–H groups in total. The van der Waals surface area contributed by atoms with Crippen LogP contribution in [0.5, 0.6) is 0 Å². The van der Waals surface area contributed by atoms with E-state index >= 15 is 0 Å². The Bertz CT molecular complexity index is 914. The van der Waals surface area contributed by atoms with Crippen molar-refractivity contribution in [2.75, 3.05) is 6.26 Å². The Kier molecular flexibility index (Phi) is 4.27. The van der Waals surface area contributed by atoms with E-state index in [2.05, 4.69) is 16.9 Å². The van der Waals surface area contributed by atoms with Crippen molar-refractivity contribution >= 4 is 15.4 Å². The van der Waals surface area contributed by atoms with Gasteiger partial charge in [-0.25, -0.2) is 13.4 Å². The van der Waals surface area contributed by atoms with Gasteiger partial charge < -0.3 is 5.11 Å². The minimum absolute atomic E-state index is 0.0818. The van der Waals surface area contributed by atoms with E-state index in [0.29, 0.717) is 12.1 Å². The molecular weight excluding hydrogens is 324 g/mol. The van der Waals surface area contributed by atoms with Crippen molar-refractivity contribution in [1.82, 2.24) is 9.97 Å². The quantitative estimate of drug-likeness (QED) is 0.922. The number of aliphatic hydroxyl groups is 1. The molecule has 0 spiro atoms. The van der Waals surface area contributed by atoms with Crippen LogP contribution >= 0.6 is 0 Å². The maximum Gasteiger partial charge on any atom is 0.192 e. The van der Waals surface area contributed by atoms with E-state index in [1.54, 1.807) is 19.2 Å². The predicted octanol–water partition coefficient (Wildman–Crippen LogP) is 2.51. The van der Waals surface area contributed by atoms with E-state index in [-0.39, 0.29) is 5.03 Å². The van der Waals surface area contributed by atoms with E-state index in [9.17, 15) is 13.5 Å². The zero-order valence-electron chi connectivity index (χ0n) is 13.9. The molecule has 24 heavy (non-hydrogen) atoms. The molecule has 0 amide bonds. The SMILES string of the molecule is CC1=C(Cc2ccc(S(C)(=O)=O)nc2)c2nc(C(C)O)ccc2C1. The molecule has 0 radical (unpaired) electrons. The van der Waals surface area contributed by atoms with Gasteiger partial charge in [-0.2, -0.15) is 0 Å². The first kappa shape index (κ1) is 16.8. The van der Waals surface area contributed by atoms with E-state index in [0.717, 1.165) is 35.1 Å². The van der Waals surface area contributed by atoms with E-state index < -0.39 is 15.9 Å². The van der Waals surface area contributed by atoms with Crippen LogP contribution in [-0.4, -0.2) is 29.7 Å². The first-order chi connectivity index (χ1) is 11.3. The summed E-state index contributed by atoms with van der Waals surface area (Å²) in [5.74, 6) is 0. The van der Waals surface area contributed by atoms with Crippen molar-refractivity contribution in [3.8, 4) is 0 Å². The zero-order valence-corrected chi connectivity index (χ0v) is 14.8. The molecule has 1 aliphatic carbocycles. The number of aliphatic hydroxyl groups excluding tert-OH is 1. The van der Waals surface area contributed by atoms with Crippen LogP contribution in [0, 0.1) is 0 Å². The van der Waals surface area contributed by atoms with E-state index in [1.165, 1.54) is 11.6 Å². The lowest BCUT2D eigenvalue weighted by Gasteiger charge is -2.10. The summed E-state index contributed by atoms with van der Waals surface area (Å²) in [6, 6.07) is 7.21. The molecule has 0 aromatic carbocycles. The molecule has 2 heterocycles. The van der Waals surface area contributed by atoms with Gasteiger partial charge in [0.2, 0.25) is 0 Å². The third-order valence-corrected chi connectivity index (χ3v) is 5.24. The van der Waals surface area contributed by atoms with Crippen LogP contribution in [0.15, 0.2) is 41.1 Å². The van der Waals surface area contributed by atoms with Gasteiger partial charge in [-0.05, 0) is 49.1 Å². The number of hydrogen-bond donors (Lipinski definition) is 1. The summed E-state index contributed by atoms with van der Waals surface area (Å²) >= 11 is 0. The maximum atomic E-state index is 11.5. The summed E-state index contributed by atoms with van der Waals surface area (Å²) in [6.07, 6.45) is 3.65. The molecule has 0 saturated heterocycles. The molecule has 1 aliphatic rings. The predicted molar refractivity (Wildman–Crippen MR) is 92.2 cm³/mol. The lowest BCUT2D eigenvalue weighted by molar-refractivity contribution is 0.194. The number of sulfone groups is 1. The number of hydrogen-bond acceptors (Lipinski definition) is 5. The standard InChI is InChI=1S/C18H20N2O3S/c1-11-8-14-5-6-16(12(2)21)20-18(14)15(11)9-13-4-7-17(19-10-13)24(3,22)23/h4-7,10,12,21H,8-9H2,1-3H3. The van der Waals surface area contributed by atoms with Crippen molar-refractivity contribution in [3.63, 3.8) is 0 Å². The third kappa shape index (κ3) is 3.25. The van der Waals surface area contributed by atoms with Crippen LogP contribution in [0.2, 0.25) is 0 Å². The summed E-state index contributed by atoms with van der Waals surface area (Å²) in [4.78, 5) is 8.66. The Morgan fingerprint density at radius 1 is 1.25 bits per heavy atom. The molecule has 0 fully saturated rings. The second-order valence-corrected chi connectivity index (χ2v) is 8.27. The molecule has 6 heteroatoms. The van der Waals surface area contributed by atoms with Gasteiger partial charge in [0.25, 0.3) is 0 Å². The molecule has 126 valence electrons. The molecule has 0 saturated carbocycles. The Morgan fingerprint density at radius 3 is 2.58 bits per heavy atom. The average Bonchev–Trinajstić information content (AvgIpc) is 2.82. The van der Waals surface area contributed by atoms with Gasteiger partial charge in [0, 0.05) is 18.9 Å². The first-order valence-corrected chi connectivity index (χ1v) is 9.66. The maximum absolute atomic E-state index is 11.5. The fourth-order valence-corrected chi connectivity index (χ4v) is 3.47. The number of nitrogens with zero attached hydrogens (tertiary/aromatic N) is 2. The Hall–Kier alpha value is -2.05. The lowest BCUT2D eigenvalue weighted by Crippen LogP contribution is -2.02. The Labute approximate surface area is 142 Å². The van der Waals surface area contributed by atoms with Crippen molar-refractivity contribution in [3.05, 3.63) is 58.6 Å². The van der Waals surface area contributed by atoms with Gasteiger partial charge >= 0.3 is 0 Å². The van der Waals surface area contributed by atoms with Crippen LogP contribution in [0.4, 0.5) is 0 Å². The van der Waals surface area contributed by atoms with Gasteiger partial charge in [0.15, 0.2) is 14.9 Å². The van der Waals surface area contributed by atoms with Gasteiger partial charge in [0.05, 0.1) is 17.5 Å². The number of fused-ring (bicyclic) bond motifs is 1. The fraction of sp³-hybridized carbons (Fsp3) is 0.333. The highest BCUT2D eigenvalue weighted by Gasteiger charge is 2.22. The average molecular weight is 344 g/mol. The smallest absolute Gasteiger partial charge is 0.192 e. The van der Waals surface area contributed by atoms with Crippen molar-refractivity contribution in [1.29, 1.82) is 0 Å². The topological polar surface area (TPSA) is 80.2 Å². The van der Waals surface area contributed by atoms with Crippen LogP contribution in [0.25, 0.3) is 5.57 Å². The number of rotatable bonds is 4. The molecule has 3 rings (SSSR count). The van der Waals surface area contributed by atoms with Gasteiger partial charge in [0.1, 0.15) is 0 Å². The first-order valence-electron chi connectivity index (χ1n) is 7.77. The molecular formula is C18H20N2O3S. The zero-order chi connectivity index (χ0) is 17.5. The van der Waals surface area contributed by atoms with Gasteiger partial charge in [-0.1, -0.05) is 17.7 Å². The molecule has 2 aromatic rings. The molecule has 2 aromatic heterocycles. The normalized spacial score (nSPS) is 15.5. The number of aromatic nitrogens is 2. The van der Waals surface area contributed by atoms with Crippen LogP contribution < -0.4 is 0 Å². The highest BCUT2D eigenvalue weighted by Crippen LogP contribution is 2.34. The van der Waals surface area contributed by atoms with Crippen LogP contribution in [0.3, 0.4) is 0 Å². The third-order valence-electron chi connectivity index (χ3n) is 4.24. The number of allylic oxidation sites excluding steroid dienone is 2. The monoisotopic (exact) mass is 344 g/mol. The van der Waals surface area contributed by atoms with Gasteiger partial charge in [-0.15, -0.1) is 0 Å². The Balaban J connectivity index is 1.92. The second kappa shape index (κ2) is 6.11. The van der Waals surface area contributed by atoms with Crippen LogP contribution in [0.1, 0.15) is 42.5 Å². The molecule has 0 aliphatic heterocycles.